The quantitative estimate of drug-likeness (QED) is 0.345. The van der Waals surface area contributed by atoms with E-state index in [9.17, 15) is 24.0 Å². The molecule has 3 unspecified atom stereocenters. The minimum Gasteiger partial charge on any atom is -0.479 e. The van der Waals surface area contributed by atoms with Gasteiger partial charge in [0, 0.05) is 19.1 Å². The second-order valence-electron chi connectivity index (χ2n) is 7.48. The number of nitrogens with two attached hydrogens (primary N) is 1. The highest BCUT2D eigenvalue weighted by Crippen LogP contribution is 2.18. The first-order chi connectivity index (χ1) is 16.1. The van der Waals surface area contributed by atoms with Crippen LogP contribution in [0, 0.1) is 17.1 Å². The normalized spacial score (nSPS) is 17.0. The van der Waals surface area contributed by atoms with Crippen molar-refractivity contribution in [3.63, 3.8) is 0 Å². The van der Waals surface area contributed by atoms with Gasteiger partial charge < -0.3 is 31.1 Å². The summed E-state index contributed by atoms with van der Waals surface area (Å²) in [5.41, 5.74) is 6.36. The van der Waals surface area contributed by atoms with Gasteiger partial charge in [-0.3, -0.25) is 9.36 Å². The highest BCUT2D eigenvalue weighted by atomic mass is 19.1. The minimum atomic E-state index is -2.27. The number of aromatic nitrogens is 2. The number of carboxylic acids is 2. The molecule has 1 aromatic carbocycles. The molecule has 1 aliphatic heterocycles. The van der Waals surface area contributed by atoms with Crippen LogP contribution in [-0.2, 0) is 16.1 Å². The average Bonchev–Trinajstić information content (AvgIpc) is 2.81. The van der Waals surface area contributed by atoms with E-state index in [1.54, 1.807) is 24.3 Å². The number of aliphatic carboxylic acids is 2. The number of nitrogens with zero attached hydrogens (tertiary/aromatic N) is 4. The second-order valence-corrected chi connectivity index (χ2v) is 7.48. The number of benzene rings is 1. The fourth-order valence-corrected chi connectivity index (χ4v) is 3.25. The zero-order valence-corrected chi connectivity index (χ0v) is 17.9. The van der Waals surface area contributed by atoms with Gasteiger partial charge in [0.1, 0.15) is 0 Å². The van der Waals surface area contributed by atoms with E-state index in [4.69, 9.17) is 26.2 Å². The summed E-state index contributed by atoms with van der Waals surface area (Å²) in [6.45, 7) is 1.37. The van der Waals surface area contributed by atoms with E-state index in [0.717, 1.165) is 19.0 Å². The van der Waals surface area contributed by atoms with Crippen LogP contribution >= 0.6 is 0 Å². The van der Waals surface area contributed by atoms with Gasteiger partial charge >= 0.3 is 11.9 Å². The van der Waals surface area contributed by atoms with Crippen LogP contribution in [0.4, 0.5) is 10.3 Å². The summed E-state index contributed by atoms with van der Waals surface area (Å²) in [4.78, 5) is 37.9. The van der Waals surface area contributed by atoms with E-state index < -0.39 is 35.5 Å². The van der Waals surface area contributed by atoms with E-state index in [0.29, 0.717) is 30.2 Å². The van der Waals surface area contributed by atoms with Crippen LogP contribution in [0.5, 0.6) is 0 Å². The molecule has 2 aromatic rings. The van der Waals surface area contributed by atoms with Gasteiger partial charge in [0.25, 0.3) is 5.56 Å². The van der Waals surface area contributed by atoms with Crippen molar-refractivity contribution in [1.82, 2.24) is 9.55 Å². The maximum Gasteiger partial charge on any atom is 0.335 e. The highest BCUT2D eigenvalue weighted by Gasteiger charge is 2.29. The average molecular weight is 477 g/mol. The summed E-state index contributed by atoms with van der Waals surface area (Å²) in [7, 11) is 0. The van der Waals surface area contributed by atoms with Crippen LogP contribution in [0.1, 0.15) is 24.0 Å². The van der Waals surface area contributed by atoms with E-state index in [-0.39, 0.29) is 12.6 Å². The summed E-state index contributed by atoms with van der Waals surface area (Å²) in [6, 6.07) is 9.05. The summed E-state index contributed by atoms with van der Waals surface area (Å²) >= 11 is 0. The number of hydrogen-bond donors (Lipinski definition) is 5. The maximum absolute atomic E-state index is 13.8. The number of aliphatic hydroxyl groups excluding tert-OH is 2. The van der Waals surface area contributed by atoms with Crippen LogP contribution in [0.2, 0.25) is 0 Å². The van der Waals surface area contributed by atoms with Crippen molar-refractivity contribution in [3.05, 3.63) is 57.8 Å². The van der Waals surface area contributed by atoms with E-state index in [1.165, 1.54) is 4.57 Å². The zero-order chi connectivity index (χ0) is 25.4. The lowest BCUT2D eigenvalue weighted by Gasteiger charge is -2.32. The SMILES string of the molecule is N#Cc1ccccc1Cn1c(N2CCCC(N)C2)ncc(F)c1=O.O=C(O)C(O)C(O)C(=O)O. The predicted octanol–water partition coefficient (Wildman–Crippen LogP) is -0.893. The van der Waals surface area contributed by atoms with Gasteiger partial charge in [-0.25, -0.2) is 14.6 Å². The molecule has 3 atom stereocenters. The van der Waals surface area contributed by atoms with Crippen molar-refractivity contribution in [3.8, 4) is 6.07 Å². The van der Waals surface area contributed by atoms with Gasteiger partial charge in [0.15, 0.2) is 12.2 Å². The standard InChI is InChI=1S/C17H18FN5O.C4H6O6/c18-15-9-21-17(22-7-3-6-14(20)11-22)23(16(15)24)10-13-5-2-1-4-12(13)8-19;5-1(3(7)8)2(6)4(9)10/h1-2,4-5,9,14H,3,6-7,10-11,20H2;1-2,5-6H,(H,7,8)(H,9,10). The summed E-state index contributed by atoms with van der Waals surface area (Å²) in [5.74, 6) is -4.05. The topological polar surface area (TPSA) is 203 Å². The molecule has 0 saturated carbocycles. The predicted molar refractivity (Wildman–Crippen MR) is 115 cm³/mol. The largest absolute Gasteiger partial charge is 0.479 e. The Hall–Kier alpha value is -3.86. The van der Waals surface area contributed by atoms with Crippen LogP contribution in [0.3, 0.4) is 0 Å². The first-order valence-electron chi connectivity index (χ1n) is 10.1. The molecule has 0 amide bonds. The molecule has 13 heteroatoms. The Morgan fingerprint density at radius 2 is 1.85 bits per heavy atom. The lowest BCUT2D eigenvalue weighted by Crippen LogP contribution is -2.45. The van der Waals surface area contributed by atoms with Gasteiger partial charge in [0.2, 0.25) is 11.8 Å². The molecule has 0 spiro atoms. The van der Waals surface area contributed by atoms with E-state index in [2.05, 4.69) is 11.1 Å². The zero-order valence-electron chi connectivity index (χ0n) is 17.9. The second kappa shape index (κ2) is 11.8. The molecule has 182 valence electrons. The number of halogens is 1. The molecule has 0 radical (unpaired) electrons. The van der Waals surface area contributed by atoms with Gasteiger partial charge in [-0.2, -0.15) is 9.65 Å². The Morgan fingerprint density at radius 1 is 1.24 bits per heavy atom. The molecule has 1 fully saturated rings. The molecule has 1 saturated heterocycles. The molecular formula is C21H24FN5O7. The van der Waals surface area contributed by atoms with Crippen LogP contribution in [-0.4, -0.2) is 73.3 Å². The highest BCUT2D eigenvalue weighted by molar-refractivity contribution is 5.83. The van der Waals surface area contributed by atoms with E-state index >= 15 is 0 Å². The Morgan fingerprint density at radius 3 is 2.41 bits per heavy atom. The fourth-order valence-electron chi connectivity index (χ4n) is 3.25. The van der Waals surface area contributed by atoms with Crippen LogP contribution < -0.4 is 16.2 Å². The monoisotopic (exact) mass is 477 g/mol. The minimum absolute atomic E-state index is 0.000509. The molecule has 3 rings (SSSR count). The maximum atomic E-state index is 13.8. The van der Waals surface area contributed by atoms with E-state index in [1.807, 2.05) is 4.90 Å². The molecule has 6 N–H and O–H groups in total. The fraction of sp³-hybridized carbons (Fsp3) is 0.381. The Bertz CT molecular complexity index is 1120. The molecule has 12 nitrogen and oxygen atoms in total. The van der Waals surface area contributed by atoms with Gasteiger partial charge in [0.05, 0.1) is 24.4 Å². The number of anilines is 1. The van der Waals surface area contributed by atoms with Crippen molar-refractivity contribution in [1.29, 1.82) is 5.26 Å². The van der Waals surface area contributed by atoms with Crippen molar-refractivity contribution in [2.75, 3.05) is 18.0 Å². The van der Waals surface area contributed by atoms with Crippen molar-refractivity contribution in [2.24, 2.45) is 5.73 Å². The third kappa shape index (κ3) is 6.58. The molecule has 0 bridgehead atoms. The summed E-state index contributed by atoms with van der Waals surface area (Å²) < 4.78 is 15.1. The Balaban J connectivity index is 0.000000347. The Labute approximate surface area is 192 Å². The number of aliphatic hydroxyl groups is 2. The number of carboxylic acid groups (broad SMARTS) is 2. The molecular weight excluding hydrogens is 453 g/mol. The Kier molecular flexibility index (Phi) is 9.19. The number of nitriles is 1. The number of carbonyl (C=O) groups is 2. The van der Waals surface area contributed by atoms with Crippen LogP contribution in [0.15, 0.2) is 35.3 Å². The third-order valence-corrected chi connectivity index (χ3v) is 5.00. The number of piperidine rings is 1. The number of rotatable bonds is 6. The first kappa shape index (κ1) is 26.4. The van der Waals surface area contributed by atoms with Gasteiger partial charge in [-0.15, -0.1) is 0 Å². The van der Waals surface area contributed by atoms with Gasteiger partial charge in [-0.05, 0) is 24.5 Å². The summed E-state index contributed by atoms with van der Waals surface area (Å²) in [6.07, 6.45) is -1.78. The molecule has 0 aliphatic carbocycles. The smallest absolute Gasteiger partial charge is 0.335 e. The lowest BCUT2D eigenvalue weighted by molar-refractivity contribution is -0.165. The lowest BCUT2D eigenvalue weighted by atomic mass is 10.1. The molecule has 34 heavy (non-hydrogen) atoms. The van der Waals surface area contributed by atoms with Crippen LogP contribution in [0.25, 0.3) is 0 Å². The molecule has 1 aliphatic rings. The van der Waals surface area contributed by atoms with Crippen molar-refractivity contribution < 1.29 is 34.4 Å². The van der Waals surface area contributed by atoms with Crippen molar-refractivity contribution >= 4 is 17.9 Å². The van der Waals surface area contributed by atoms with Gasteiger partial charge in [-0.1, -0.05) is 18.2 Å². The number of hydrogen-bond acceptors (Lipinski definition) is 9. The first-order valence-corrected chi connectivity index (χ1v) is 10.1. The molecule has 2 heterocycles. The van der Waals surface area contributed by atoms with Crippen molar-refractivity contribution in [2.45, 2.75) is 37.6 Å². The summed E-state index contributed by atoms with van der Waals surface area (Å²) in [5, 5.41) is 41.7. The third-order valence-electron chi connectivity index (χ3n) is 5.00. The molecule has 1 aromatic heterocycles.